The van der Waals surface area contributed by atoms with Gasteiger partial charge in [0.1, 0.15) is 11.6 Å². The minimum absolute atomic E-state index is 0. The maximum absolute atomic E-state index is 13.3. The lowest BCUT2D eigenvalue weighted by Crippen LogP contribution is -2.73. The van der Waals surface area contributed by atoms with E-state index < -0.39 is 5.54 Å². The van der Waals surface area contributed by atoms with Crippen molar-refractivity contribution in [3.05, 3.63) is 34.9 Å². The van der Waals surface area contributed by atoms with Gasteiger partial charge < -0.3 is 10.2 Å². The average Bonchev–Trinajstić information content (AvgIpc) is 2.67. The molecule has 1 aromatic carbocycles. The number of nitrogens with one attached hydrogen (secondary N) is 1. The third-order valence-corrected chi connectivity index (χ3v) is 6.46. The Morgan fingerprint density at radius 1 is 1.23 bits per heavy atom. The van der Waals surface area contributed by atoms with Gasteiger partial charge in [0.2, 0.25) is 11.8 Å². The zero-order chi connectivity index (χ0) is 21.0. The molecule has 0 bridgehead atoms. The van der Waals surface area contributed by atoms with Gasteiger partial charge in [-0.3, -0.25) is 14.5 Å². The van der Waals surface area contributed by atoms with Crippen molar-refractivity contribution in [3.8, 4) is 0 Å². The largest absolute Gasteiger partial charge is 0.342 e. The Morgan fingerprint density at radius 2 is 1.93 bits per heavy atom. The molecule has 3 rings (SSSR count). The molecule has 30 heavy (non-hydrogen) atoms. The summed E-state index contributed by atoms with van der Waals surface area (Å²) in [5.41, 5.74) is 0.488. The number of piperazine rings is 1. The highest BCUT2D eigenvalue weighted by molar-refractivity contribution is 6.30. The van der Waals surface area contributed by atoms with Crippen molar-refractivity contribution >= 4 is 35.8 Å². The zero-order valence-electron chi connectivity index (χ0n) is 18.3. The van der Waals surface area contributed by atoms with Gasteiger partial charge in [0, 0.05) is 31.2 Å². The van der Waals surface area contributed by atoms with Crippen LogP contribution in [0.1, 0.15) is 58.4 Å². The number of piperidine rings is 1. The molecule has 5 nitrogen and oxygen atoms in total. The second kappa shape index (κ2) is 10.8. The molecule has 0 aromatic heterocycles. The Labute approximate surface area is 191 Å². The molecule has 1 spiro atoms. The summed E-state index contributed by atoms with van der Waals surface area (Å²) >= 11 is 6.12. The van der Waals surface area contributed by atoms with Crippen LogP contribution in [0.2, 0.25) is 5.02 Å². The Kier molecular flexibility index (Phi) is 9.01. The van der Waals surface area contributed by atoms with Crippen LogP contribution in [0.15, 0.2) is 24.3 Å². The summed E-state index contributed by atoms with van der Waals surface area (Å²) in [6.45, 7) is 9.39. The van der Waals surface area contributed by atoms with Crippen LogP contribution in [0.5, 0.6) is 0 Å². The molecule has 2 aliphatic heterocycles. The third kappa shape index (κ3) is 5.49. The van der Waals surface area contributed by atoms with E-state index in [0.717, 1.165) is 37.5 Å². The van der Waals surface area contributed by atoms with Crippen LogP contribution in [0.4, 0.5) is 0 Å². The summed E-state index contributed by atoms with van der Waals surface area (Å²) in [5, 5.41) is 3.82. The quantitative estimate of drug-likeness (QED) is 0.667. The predicted molar refractivity (Wildman–Crippen MR) is 124 cm³/mol. The number of hydrogen-bond donors (Lipinski definition) is 1. The van der Waals surface area contributed by atoms with E-state index in [9.17, 15) is 9.59 Å². The van der Waals surface area contributed by atoms with Crippen LogP contribution in [0, 0.1) is 5.92 Å². The SMILES string of the molecule is CCCCN1C(=O)[C@H](CC(C)C)NC(=O)C12CCN(Cc1cccc(Cl)c1)CC2.Cl. The van der Waals surface area contributed by atoms with Gasteiger partial charge in [-0.1, -0.05) is 50.9 Å². The number of likely N-dealkylation sites (tertiary alicyclic amines) is 1. The minimum atomic E-state index is -0.690. The normalized spacial score (nSPS) is 21.6. The second-order valence-corrected chi connectivity index (χ2v) is 9.37. The first-order valence-corrected chi connectivity index (χ1v) is 11.3. The molecule has 1 atom stereocenters. The van der Waals surface area contributed by atoms with Crippen LogP contribution in [0.25, 0.3) is 0 Å². The van der Waals surface area contributed by atoms with Gasteiger partial charge in [-0.2, -0.15) is 0 Å². The van der Waals surface area contributed by atoms with Crippen molar-refractivity contribution in [2.75, 3.05) is 19.6 Å². The first-order chi connectivity index (χ1) is 13.9. The van der Waals surface area contributed by atoms with E-state index in [0.29, 0.717) is 31.7 Å². The summed E-state index contributed by atoms with van der Waals surface area (Å²) in [6, 6.07) is 7.55. The van der Waals surface area contributed by atoms with Gasteiger partial charge in [0.15, 0.2) is 0 Å². The smallest absolute Gasteiger partial charge is 0.246 e. The average molecular weight is 456 g/mol. The molecule has 7 heteroatoms. The molecular weight excluding hydrogens is 421 g/mol. The zero-order valence-corrected chi connectivity index (χ0v) is 19.9. The van der Waals surface area contributed by atoms with Crippen molar-refractivity contribution in [3.63, 3.8) is 0 Å². The Bertz CT molecular complexity index is 733. The fraction of sp³-hybridized carbons (Fsp3) is 0.652. The number of hydrogen-bond acceptors (Lipinski definition) is 3. The molecule has 0 radical (unpaired) electrons. The summed E-state index contributed by atoms with van der Waals surface area (Å²) in [6.07, 6.45) is 4.01. The summed E-state index contributed by atoms with van der Waals surface area (Å²) < 4.78 is 0. The molecule has 0 aliphatic carbocycles. The number of benzene rings is 1. The first-order valence-electron chi connectivity index (χ1n) is 10.9. The predicted octanol–water partition coefficient (Wildman–Crippen LogP) is 4.27. The Balaban J connectivity index is 0.00000320. The maximum Gasteiger partial charge on any atom is 0.246 e. The van der Waals surface area contributed by atoms with Gasteiger partial charge in [0.25, 0.3) is 0 Å². The number of carbonyl (C=O) groups excluding carboxylic acids is 2. The van der Waals surface area contributed by atoms with E-state index in [1.165, 1.54) is 5.56 Å². The number of unbranched alkanes of at least 4 members (excludes halogenated alkanes) is 1. The van der Waals surface area contributed by atoms with E-state index in [1.54, 1.807) is 0 Å². The van der Waals surface area contributed by atoms with Crippen molar-refractivity contribution < 1.29 is 9.59 Å². The number of rotatable bonds is 7. The van der Waals surface area contributed by atoms with Gasteiger partial charge >= 0.3 is 0 Å². The van der Waals surface area contributed by atoms with E-state index in [-0.39, 0.29) is 30.3 Å². The first kappa shape index (κ1) is 25.0. The van der Waals surface area contributed by atoms with Crippen LogP contribution in [-0.4, -0.2) is 52.8 Å². The molecule has 2 amide bonds. The summed E-state index contributed by atoms with van der Waals surface area (Å²) in [4.78, 5) is 30.8. The highest BCUT2D eigenvalue weighted by Gasteiger charge is 2.53. The van der Waals surface area contributed by atoms with E-state index in [1.807, 2.05) is 23.1 Å². The van der Waals surface area contributed by atoms with Gasteiger partial charge in [-0.05, 0) is 49.3 Å². The van der Waals surface area contributed by atoms with Gasteiger partial charge in [-0.25, -0.2) is 0 Å². The van der Waals surface area contributed by atoms with Gasteiger partial charge in [-0.15, -0.1) is 12.4 Å². The molecule has 2 saturated heterocycles. The Morgan fingerprint density at radius 3 is 2.53 bits per heavy atom. The number of nitrogens with zero attached hydrogens (tertiary/aromatic N) is 2. The Hall–Kier alpha value is -1.30. The van der Waals surface area contributed by atoms with Crippen LogP contribution in [-0.2, 0) is 16.1 Å². The lowest BCUT2D eigenvalue weighted by molar-refractivity contribution is -0.161. The van der Waals surface area contributed by atoms with Crippen LogP contribution in [0.3, 0.4) is 0 Å². The fourth-order valence-corrected chi connectivity index (χ4v) is 4.83. The lowest BCUT2D eigenvalue weighted by atomic mass is 9.80. The molecular formula is C23H35Cl2N3O2. The van der Waals surface area contributed by atoms with E-state index in [2.05, 4.69) is 37.1 Å². The topological polar surface area (TPSA) is 52.7 Å². The second-order valence-electron chi connectivity index (χ2n) is 8.94. The highest BCUT2D eigenvalue weighted by atomic mass is 35.5. The molecule has 2 heterocycles. The van der Waals surface area contributed by atoms with Gasteiger partial charge in [0.05, 0.1) is 0 Å². The van der Waals surface area contributed by atoms with Crippen molar-refractivity contribution in [1.29, 1.82) is 0 Å². The molecule has 2 fully saturated rings. The highest BCUT2D eigenvalue weighted by Crippen LogP contribution is 2.34. The standard InChI is InChI=1S/C23H34ClN3O2.ClH/c1-4-5-11-27-21(28)20(14-17(2)3)25-22(29)23(27)9-12-26(13-10-23)16-18-7-6-8-19(24)15-18;/h6-8,15,17,20H,4-5,9-14,16H2,1-3H3,(H,25,29);1H/t20-;/m0./s1. The monoisotopic (exact) mass is 455 g/mol. The molecule has 1 aromatic rings. The molecule has 2 aliphatic rings. The van der Waals surface area contributed by atoms with Crippen LogP contribution < -0.4 is 5.32 Å². The number of amides is 2. The lowest BCUT2D eigenvalue weighted by Gasteiger charge is -2.52. The third-order valence-electron chi connectivity index (χ3n) is 6.23. The molecule has 0 saturated carbocycles. The number of carbonyl (C=O) groups is 2. The summed E-state index contributed by atoms with van der Waals surface area (Å²) in [5.74, 6) is 0.516. The van der Waals surface area contributed by atoms with E-state index >= 15 is 0 Å². The van der Waals surface area contributed by atoms with Crippen molar-refractivity contribution in [2.45, 2.75) is 71.0 Å². The van der Waals surface area contributed by atoms with Crippen molar-refractivity contribution in [1.82, 2.24) is 15.1 Å². The summed E-state index contributed by atoms with van der Waals surface area (Å²) in [7, 11) is 0. The van der Waals surface area contributed by atoms with E-state index in [4.69, 9.17) is 11.6 Å². The maximum atomic E-state index is 13.3. The minimum Gasteiger partial charge on any atom is -0.342 e. The van der Waals surface area contributed by atoms with Crippen molar-refractivity contribution in [2.24, 2.45) is 5.92 Å². The number of halogens is 2. The molecule has 0 unspecified atom stereocenters. The molecule has 168 valence electrons. The van der Waals surface area contributed by atoms with Crippen LogP contribution >= 0.6 is 24.0 Å². The molecule has 1 N–H and O–H groups in total. The fourth-order valence-electron chi connectivity index (χ4n) is 4.62.